The van der Waals surface area contributed by atoms with Crippen LogP contribution in [0, 0.1) is 6.92 Å². The maximum Gasteiger partial charge on any atom is 0.330 e. The Morgan fingerprint density at radius 1 is 1.69 bits per heavy atom. The van der Waals surface area contributed by atoms with Crippen LogP contribution in [0.1, 0.15) is 12.2 Å². The zero-order chi connectivity index (χ0) is 9.52. The first-order valence-electron chi connectivity index (χ1n) is 4.00. The van der Waals surface area contributed by atoms with Crippen molar-refractivity contribution in [1.82, 2.24) is 0 Å². The molecule has 0 N–H and O–H groups in total. The summed E-state index contributed by atoms with van der Waals surface area (Å²) in [6.45, 7) is 3.90. The van der Waals surface area contributed by atoms with Gasteiger partial charge in [-0.1, -0.05) is 0 Å². The molecule has 0 saturated heterocycles. The molecule has 0 aliphatic carbocycles. The van der Waals surface area contributed by atoms with Crippen LogP contribution < -0.4 is 0 Å². The van der Waals surface area contributed by atoms with Crippen molar-refractivity contribution in [1.29, 1.82) is 0 Å². The monoisotopic (exact) mass is 179 g/mol. The largest absolute Gasteiger partial charge is 0.465 e. The van der Waals surface area contributed by atoms with Crippen molar-refractivity contribution in [3.8, 4) is 0 Å². The highest BCUT2D eigenvalue weighted by Crippen LogP contribution is 2.02. The fourth-order valence-corrected chi connectivity index (χ4v) is 0.757. The van der Waals surface area contributed by atoms with Gasteiger partial charge in [-0.05, 0) is 31.6 Å². The number of carbonyl (C=O) groups excluding carboxylic acids is 1. The molecule has 0 bridgehead atoms. The molecule has 1 aromatic heterocycles. The van der Waals surface area contributed by atoms with E-state index in [1.807, 2.05) is 0 Å². The molecule has 13 heavy (non-hydrogen) atoms. The van der Waals surface area contributed by atoms with Crippen molar-refractivity contribution >= 4 is 12.0 Å². The number of esters is 1. The SMILES string of the molecule is [CH2]CCOC(=O)C=Cc1ccco1. The van der Waals surface area contributed by atoms with Crippen LogP contribution in [0.5, 0.6) is 0 Å². The molecule has 3 nitrogen and oxygen atoms in total. The lowest BCUT2D eigenvalue weighted by atomic mass is 10.4. The molecule has 1 heterocycles. The summed E-state index contributed by atoms with van der Waals surface area (Å²) in [7, 11) is 0. The predicted octanol–water partition coefficient (Wildman–Crippen LogP) is 2.06. The highest BCUT2D eigenvalue weighted by Gasteiger charge is 1.95. The standard InChI is InChI=1S/C10H11O3/c1-2-7-13-10(11)6-5-9-4-3-8-12-9/h3-6,8H,1-2,7H2. The van der Waals surface area contributed by atoms with Crippen LogP contribution >= 0.6 is 0 Å². The molecule has 1 aromatic rings. The third-order valence-electron chi connectivity index (χ3n) is 1.32. The second kappa shape index (κ2) is 5.19. The topological polar surface area (TPSA) is 39.4 Å². The van der Waals surface area contributed by atoms with Crippen molar-refractivity contribution in [3.63, 3.8) is 0 Å². The molecule has 1 radical (unpaired) electrons. The van der Waals surface area contributed by atoms with E-state index in [9.17, 15) is 4.79 Å². The number of hydrogen-bond acceptors (Lipinski definition) is 3. The molecule has 0 saturated carbocycles. The van der Waals surface area contributed by atoms with Gasteiger partial charge in [0.2, 0.25) is 0 Å². The Morgan fingerprint density at radius 2 is 2.54 bits per heavy atom. The van der Waals surface area contributed by atoms with Gasteiger partial charge < -0.3 is 9.15 Å². The van der Waals surface area contributed by atoms with Crippen molar-refractivity contribution in [3.05, 3.63) is 37.2 Å². The minimum atomic E-state index is -0.375. The van der Waals surface area contributed by atoms with Crippen LogP contribution in [0.25, 0.3) is 6.08 Å². The lowest BCUT2D eigenvalue weighted by Crippen LogP contribution is -2.00. The fraction of sp³-hybridized carbons (Fsp3) is 0.200. The van der Waals surface area contributed by atoms with Crippen LogP contribution in [0.3, 0.4) is 0 Å². The summed E-state index contributed by atoms with van der Waals surface area (Å²) >= 11 is 0. The molecular formula is C10H11O3. The number of hydrogen-bond donors (Lipinski definition) is 0. The molecular weight excluding hydrogens is 168 g/mol. The normalized spacial score (nSPS) is 10.5. The molecule has 0 aliphatic heterocycles. The summed E-state index contributed by atoms with van der Waals surface area (Å²) in [6.07, 6.45) is 5.02. The average Bonchev–Trinajstić information content (AvgIpc) is 2.64. The highest BCUT2D eigenvalue weighted by molar-refractivity contribution is 5.86. The van der Waals surface area contributed by atoms with Crippen molar-refractivity contribution in [2.75, 3.05) is 6.61 Å². The summed E-state index contributed by atoms with van der Waals surface area (Å²) in [5.41, 5.74) is 0. The Hall–Kier alpha value is -1.51. The van der Waals surface area contributed by atoms with Gasteiger partial charge in [-0.3, -0.25) is 0 Å². The Labute approximate surface area is 77.0 Å². The molecule has 0 aromatic carbocycles. The zero-order valence-electron chi connectivity index (χ0n) is 7.23. The molecule has 69 valence electrons. The van der Waals surface area contributed by atoms with Crippen LogP contribution in [-0.4, -0.2) is 12.6 Å². The van der Waals surface area contributed by atoms with E-state index >= 15 is 0 Å². The summed E-state index contributed by atoms with van der Waals surface area (Å²) in [6, 6.07) is 3.51. The lowest BCUT2D eigenvalue weighted by molar-refractivity contribution is -0.137. The lowest BCUT2D eigenvalue weighted by Gasteiger charge is -1.96. The average molecular weight is 179 g/mol. The van der Waals surface area contributed by atoms with Crippen molar-refractivity contribution in [2.24, 2.45) is 0 Å². The fourth-order valence-electron chi connectivity index (χ4n) is 0.757. The Balaban J connectivity index is 2.35. The predicted molar refractivity (Wildman–Crippen MR) is 48.7 cm³/mol. The van der Waals surface area contributed by atoms with Crippen LogP contribution in [0.4, 0.5) is 0 Å². The molecule has 1 rings (SSSR count). The second-order valence-corrected chi connectivity index (χ2v) is 2.37. The van der Waals surface area contributed by atoms with E-state index in [0.717, 1.165) is 0 Å². The van der Waals surface area contributed by atoms with Gasteiger partial charge in [-0.2, -0.15) is 0 Å². The Kier molecular flexibility index (Phi) is 3.82. The summed E-state index contributed by atoms with van der Waals surface area (Å²) < 4.78 is 9.74. The molecule has 0 fully saturated rings. The van der Waals surface area contributed by atoms with E-state index in [1.165, 1.54) is 6.08 Å². The number of ether oxygens (including phenoxy) is 1. The van der Waals surface area contributed by atoms with Gasteiger partial charge in [0, 0.05) is 6.08 Å². The van der Waals surface area contributed by atoms with E-state index in [1.54, 1.807) is 24.5 Å². The van der Waals surface area contributed by atoms with E-state index in [4.69, 9.17) is 9.15 Å². The van der Waals surface area contributed by atoms with Gasteiger partial charge >= 0.3 is 5.97 Å². The highest BCUT2D eigenvalue weighted by atomic mass is 16.5. The minimum Gasteiger partial charge on any atom is -0.465 e. The first-order valence-corrected chi connectivity index (χ1v) is 4.00. The van der Waals surface area contributed by atoms with E-state index in [-0.39, 0.29) is 5.97 Å². The van der Waals surface area contributed by atoms with Gasteiger partial charge in [0.25, 0.3) is 0 Å². The van der Waals surface area contributed by atoms with Gasteiger partial charge in [0.1, 0.15) is 5.76 Å². The molecule has 0 aliphatic rings. The number of rotatable bonds is 4. The third-order valence-corrected chi connectivity index (χ3v) is 1.32. The molecule has 0 atom stereocenters. The first-order chi connectivity index (χ1) is 6.33. The van der Waals surface area contributed by atoms with E-state index in [2.05, 4.69) is 6.92 Å². The van der Waals surface area contributed by atoms with Crippen molar-refractivity contribution < 1.29 is 13.9 Å². The molecule has 0 spiro atoms. The Bertz CT molecular complexity index is 272. The summed E-state index contributed by atoms with van der Waals surface area (Å²) in [4.78, 5) is 10.9. The van der Waals surface area contributed by atoms with E-state index < -0.39 is 0 Å². The first kappa shape index (κ1) is 9.58. The third kappa shape index (κ3) is 3.60. The summed E-state index contributed by atoms with van der Waals surface area (Å²) in [5.74, 6) is 0.256. The molecule has 0 unspecified atom stereocenters. The van der Waals surface area contributed by atoms with E-state index in [0.29, 0.717) is 18.8 Å². The quantitative estimate of drug-likeness (QED) is 0.524. The van der Waals surface area contributed by atoms with Crippen LogP contribution in [-0.2, 0) is 9.53 Å². The van der Waals surface area contributed by atoms with Gasteiger partial charge in [-0.25, -0.2) is 4.79 Å². The maximum atomic E-state index is 10.9. The smallest absolute Gasteiger partial charge is 0.330 e. The van der Waals surface area contributed by atoms with Gasteiger partial charge in [-0.15, -0.1) is 0 Å². The Morgan fingerprint density at radius 3 is 3.15 bits per heavy atom. The van der Waals surface area contributed by atoms with Gasteiger partial charge in [0.05, 0.1) is 12.9 Å². The van der Waals surface area contributed by atoms with Crippen LogP contribution in [0.2, 0.25) is 0 Å². The van der Waals surface area contributed by atoms with Crippen LogP contribution in [0.15, 0.2) is 28.9 Å². The maximum absolute atomic E-state index is 10.9. The second-order valence-electron chi connectivity index (χ2n) is 2.37. The summed E-state index contributed by atoms with van der Waals surface area (Å²) in [5, 5.41) is 0. The van der Waals surface area contributed by atoms with Crippen molar-refractivity contribution in [2.45, 2.75) is 6.42 Å². The number of carbonyl (C=O) groups is 1. The zero-order valence-corrected chi connectivity index (χ0v) is 7.23. The molecule has 0 amide bonds. The molecule has 3 heteroatoms. The minimum absolute atomic E-state index is 0.349. The van der Waals surface area contributed by atoms with Gasteiger partial charge in [0.15, 0.2) is 0 Å². The number of furan rings is 1.